The van der Waals surface area contributed by atoms with E-state index in [9.17, 15) is 4.79 Å². The van der Waals surface area contributed by atoms with E-state index < -0.39 is 0 Å². The Balaban J connectivity index is 1.83. The number of carbonyl (C=O) groups is 1. The fourth-order valence-electron chi connectivity index (χ4n) is 2.13. The van der Waals surface area contributed by atoms with Gasteiger partial charge in [0.05, 0.1) is 17.1 Å². The summed E-state index contributed by atoms with van der Waals surface area (Å²) in [6, 6.07) is 12.7. The van der Waals surface area contributed by atoms with E-state index in [2.05, 4.69) is 31.3 Å². The van der Waals surface area contributed by atoms with Gasteiger partial charge in [0.15, 0.2) is 0 Å². The SMILES string of the molecule is O=C(Nc1ccccc1Cn1cncn1)c1ccc(Br)cc1Cl. The summed E-state index contributed by atoms with van der Waals surface area (Å²) in [5.74, 6) is -0.256. The van der Waals surface area contributed by atoms with Crippen molar-refractivity contribution >= 4 is 39.1 Å². The predicted octanol–water partition coefficient (Wildman–Crippen LogP) is 3.99. The summed E-state index contributed by atoms with van der Waals surface area (Å²) in [4.78, 5) is 16.4. The van der Waals surface area contributed by atoms with E-state index in [1.54, 1.807) is 29.2 Å². The van der Waals surface area contributed by atoms with Crippen molar-refractivity contribution in [2.75, 3.05) is 5.32 Å². The first kappa shape index (κ1) is 15.7. The van der Waals surface area contributed by atoms with Gasteiger partial charge < -0.3 is 5.32 Å². The highest BCUT2D eigenvalue weighted by Crippen LogP contribution is 2.23. The Morgan fingerprint density at radius 1 is 1.26 bits per heavy atom. The highest BCUT2D eigenvalue weighted by Gasteiger charge is 2.13. The largest absolute Gasteiger partial charge is 0.322 e. The molecule has 0 unspecified atom stereocenters. The van der Waals surface area contributed by atoms with E-state index in [4.69, 9.17) is 11.6 Å². The molecule has 1 heterocycles. The molecule has 0 aliphatic heterocycles. The van der Waals surface area contributed by atoms with Crippen LogP contribution in [0, 0.1) is 0 Å². The minimum atomic E-state index is -0.256. The van der Waals surface area contributed by atoms with Crippen molar-refractivity contribution in [2.45, 2.75) is 6.54 Å². The quantitative estimate of drug-likeness (QED) is 0.731. The summed E-state index contributed by atoms with van der Waals surface area (Å²) >= 11 is 9.46. The number of aromatic nitrogens is 3. The van der Waals surface area contributed by atoms with Gasteiger partial charge in [-0.2, -0.15) is 5.10 Å². The van der Waals surface area contributed by atoms with Crippen LogP contribution in [0.5, 0.6) is 0 Å². The molecule has 1 amide bonds. The third kappa shape index (κ3) is 3.78. The second kappa shape index (κ2) is 6.93. The summed E-state index contributed by atoms with van der Waals surface area (Å²) in [6.45, 7) is 0.518. The number of hydrogen-bond acceptors (Lipinski definition) is 3. The molecule has 5 nitrogen and oxygen atoms in total. The van der Waals surface area contributed by atoms with Crippen LogP contribution in [0.15, 0.2) is 59.6 Å². The first-order valence-electron chi connectivity index (χ1n) is 6.80. The molecular weight excluding hydrogens is 380 g/mol. The molecule has 3 rings (SSSR count). The predicted molar refractivity (Wildman–Crippen MR) is 92.7 cm³/mol. The van der Waals surface area contributed by atoms with Crippen LogP contribution in [0.25, 0.3) is 0 Å². The number of nitrogens with one attached hydrogen (secondary N) is 1. The first-order chi connectivity index (χ1) is 11.1. The molecule has 7 heteroatoms. The number of rotatable bonds is 4. The lowest BCUT2D eigenvalue weighted by Crippen LogP contribution is -2.14. The van der Waals surface area contributed by atoms with Gasteiger partial charge in [0.25, 0.3) is 5.91 Å². The van der Waals surface area contributed by atoms with Gasteiger partial charge in [-0.15, -0.1) is 0 Å². The molecule has 116 valence electrons. The molecule has 23 heavy (non-hydrogen) atoms. The highest BCUT2D eigenvalue weighted by molar-refractivity contribution is 9.10. The monoisotopic (exact) mass is 390 g/mol. The topological polar surface area (TPSA) is 59.8 Å². The number of hydrogen-bond donors (Lipinski definition) is 1. The lowest BCUT2D eigenvalue weighted by atomic mass is 10.1. The van der Waals surface area contributed by atoms with Crippen molar-refractivity contribution in [1.29, 1.82) is 0 Å². The van der Waals surface area contributed by atoms with Gasteiger partial charge in [0.2, 0.25) is 0 Å². The van der Waals surface area contributed by atoms with Crippen molar-refractivity contribution < 1.29 is 4.79 Å². The summed E-state index contributed by atoms with van der Waals surface area (Å²) in [6.07, 6.45) is 3.10. The van der Waals surface area contributed by atoms with Gasteiger partial charge in [-0.05, 0) is 29.8 Å². The van der Waals surface area contributed by atoms with Gasteiger partial charge in [0, 0.05) is 10.2 Å². The fraction of sp³-hybridized carbons (Fsp3) is 0.0625. The van der Waals surface area contributed by atoms with Gasteiger partial charge in [-0.3, -0.25) is 4.79 Å². The Labute approximate surface area is 146 Å². The zero-order valence-electron chi connectivity index (χ0n) is 11.9. The first-order valence-corrected chi connectivity index (χ1v) is 7.97. The van der Waals surface area contributed by atoms with Crippen LogP contribution in [0.4, 0.5) is 5.69 Å². The van der Waals surface area contributed by atoms with Crippen LogP contribution in [0.1, 0.15) is 15.9 Å². The third-order valence-corrected chi connectivity index (χ3v) is 4.05. The molecule has 0 atom stereocenters. The summed E-state index contributed by atoms with van der Waals surface area (Å²) in [5.41, 5.74) is 2.07. The molecule has 3 aromatic rings. The van der Waals surface area contributed by atoms with Crippen molar-refractivity contribution in [3.8, 4) is 0 Å². The molecule has 0 bridgehead atoms. The van der Waals surface area contributed by atoms with Crippen LogP contribution in [-0.4, -0.2) is 20.7 Å². The number of carbonyl (C=O) groups excluding carboxylic acids is 1. The second-order valence-corrected chi connectivity index (χ2v) is 6.15. The zero-order chi connectivity index (χ0) is 16.2. The number of amides is 1. The molecule has 0 saturated heterocycles. The van der Waals surface area contributed by atoms with Crippen LogP contribution in [0.3, 0.4) is 0 Å². The fourth-order valence-corrected chi connectivity index (χ4v) is 2.89. The number of para-hydroxylation sites is 1. The number of anilines is 1. The third-order valence-electron chi connectivity index (χ3n) is 3.24. The Morgan fingerprint density at radius 2 is 2.09 bits per heavy atom. The molecule has 0 radical (unpaired) electrons. The molecule has 2 aromatic carbocycles. The van der Waals surface area contributed by atoms with Crippen LogP contribution in [0.2, 0.25) is 5.02 Å². The van der Waals surface area contributed by atoms with E-state index in [0.717, 1.165) is 10.0 Å². The Hall–Kier alpha value is -2.18. The lowest BCUT2D eigenvalue weighted by molar-refractivity contribution is 0.102. The average Bonchev–Trinajstić information content (AvgIpc) is 3.02. The summed E-state index contributed by atoms with van der Waals surface area (Å²) in [7, 11) is 0. The molecule has 0 aliphatic rings. The van der Waals surface area contributed by atoms with Gasteiger partial charge in [-0.25, -0.2) is 9.67 Å². The van der Waals surface area contributed by atoms with Crippen LogP contribution < -0.4 is 5.32 Å². The van der Waals surface area contributed by atoms with E-state index in [1.807, 2.05) is 24.3 Å². The maximum atomic E-state index is 12.5. The standard InChI is InChI=1S/C16H12BrClN4O/c17-12-5-6-13(14(18)7-12)16(23)21-15-4-2-1-3-11(15)8-22-10-19-9-20-22/h1-7,9-10H,8H2,(H,21,23). The van der Waals surface area contributed by atoms with Crippen molar-refractivity contribution in [1.82, 2.24) is 14.8 Å². The van der Waals surface area contributed by atoms with Gasteiger partial charge in [0.1, 0.15) is 12.7 Å². The number of halogens is 2. The Bertz CT molecular complexity index is 836. The maximum Gasteiger partial charge on any atom is 0.257 e. The molecule has 0 aliphatic carbocycles. The highest BCUT2D eigenvalue weighted by atomic mass is 79.9. The minimum Gasteiger partial charge on any atom is -0.322 e. The normalized spacial score (nSPS) is 10.5. The second-order valence-electron chi connectivity index (χ2n) is 4.83. The van der Waals surface area contributed by atoms with E-state index in [1.165, 1.54) is 6.33 Å². The smallest absolute Gasteiger partial charge is 0.257 e. The lowest BCUT2D eigenvalue weighted by Gasteiger charge is -2.12. The van der Waals surface area contributed by atoms with Crippen molar-refractivity contribution in [3.05, 3.63) is 75.7 Å². The molecular formula is C16H12BrClN4O. The van der Waals surface area contributed by atoms with Crippen LogP contribution >= 0.6 is 27.5 Å². The van der Waals surface area contributed by atoms with Gasteiger partial charge in [-0.1, -0.05) is 45.7 Å². The van der Waals surface area contributed by atoms with E-state index in [-0.39, 0.29) is 5.91 Å². The van der Waals surface area contributed by atoms with Crippen molar-refractivity contribution in [3.63, 3.8) is 0 Å². The number of benzene rings is 2. The summed E-state index contributed by atoms with van der Waals surface area (Å²) < 4.78 is 2.52. The average molecular weight is 392 g/mol. The molecule has 1 aromatic heterocycles. The minimum absolute atomic E-state index is 0.256. The summed E-state index contributed by atoms with van der Waals surface area (Å²) in [5, 5.41) is 7.37. The van der Waals surface area contributed by atoms with E-state index in [0.29, 0.717) is 22.8 Å². The number of nitrogens with zero attached hydrogens (tertiary/aromatic N) is 3. The molecule has 0 fully saturated rings. The van der Waals surface area contributed by atoms with Gasteiger partial charge >= 0.3 is 0 Å². The van der Waals surface area contributed by atoms with E-state index >= 15 is 0 Å². The van der Waals surface area contributed by atoms with Crippen LogP contribution in [-0.2, 0) is 6.54 Å². The Kier molecular flexibility index (Phi) is 4.73. The maximum absolute atomic E-state index is 12.5. The zero-order valence-corrected chi connectivity index (χ0v) is 14.3. The molecule has 0 saturated carbocycles. The molecule has 0 spiro atoms. The molecule has 1 N–H and O–H groups in total. The van der Waals surface area contributed by atoms with Crippen molar-refractivity contribution in [2.24, 2.45) is 0 Å². The Morgan fingerprint density at radius 3 is 2.83 bits per heavy atom.